The molecule has 0 spiro atoms. The summed E-state index contributed by atoms with van der Waals surface area (Å²) in [5, 5.41) is 3.52. The molecule has 2 nitrogen and oxygen atoms in total. The summed E-state index contributed by atoms with van der Waals surface area (Å²) in [7, 11) is 0. The Kier molecular flexibility index (Phi) is 4.30. The Morgan fingerprint density at radius 3 is 2.81 bits per heavy atom. The zero-order valence-electron chi connectivity index (χ0n) is 12.3. The van der Waals surface area contributed by atoms with Crippen molar-refractivity contribution in [2.24, 2.45) is 5.92 Å². The van der Waals surface area contributed by atoms with Crippen molar-refractivity contribution in [1.29, 1.82) is 0 Å². The molecule has 0 aliphatic heterocycles. The molecule has 1 aromatic carbocycles. The van der Waals surface area contributed by atoms with Gasteiger partial charge in [-0.05, 0) is 42.9 Å². The summed E-state index contributed by atoms with van der Waals surface area (Å²) in [6.45, 7) is 3.04. The quantitative estimate of drug-likeness (QED) is 0.865. The van der Waals surface area contributed by atoms with E-state index in [0.717, 1.165) is 24.9 Å². The zero-order valence-corrected chi connectivity index (χ0v) is 12.3. The van der Waals surface area contributed by atoms with Crippen molar-refractivity contribution < 1.29 is 4.39 Å². The minimum atomic E-state index is -0.204. The molecule has 21 heavy (non-hydrogen) atoms. The molecule has 0 saturated heterocycles. The van der Waals surface area contributed by atoms with Gasteiger partial charge in [0.1, 0.15) is 5.82 Å². The van der Waals surface area contributed by atoms with Crippen molar-refractivity contribution in [1.82, 2.24) is 10.3 Å². The van der Waals surface area contributed by atoms with E-state index in [9.17, 15) is 4.39 Å². The second-order valence-corrected chi connectivity index (χ2v) is 5.75. The number of aromatic nitrogens is 1. The molecular weight excluding hydrogens is 263 g/mol. The number of nitrogens with one attached hydrogen (secondary N) is 1. The van der Waals surface area contributed by atoms with Crippen LogP contribution in [-0.2, 0) is 0 Å². The average molecular weight is 284 g/mol. The van der Waals surface area contributed by atoms with Crippen molar-refractivity contribution in [3.63, 3.8) is 0 Å². The molecule has 1 N–H and O–H groups in total. The van der Waals surface area contributed by atoms with Crippen LogP contribution in [0.25, 0.3) is 0 Å². The molecule has 1 aliphatic rings. The fraction of sp³-hybridized carbons (Fsp3) is 0.389. The summed E-state index contributed by atoms with van der Waals surface area (Å²) < 4.78 is 14.1. The van der Waals surface area contributed by atoms with Gasteiger partial charge in [-0.25, -0.2) is 4.39 Å². The first-order valence-corrected chi connectivity index (χ1v) is 7.69. The minimum absolute atomic E-state index is 0.0816. The Bertz CT molecular complexity index is 585. The van der Waals surface area contributed by atoms with Crippen LogP contribution in [0.5, 0.6) is 0 Å². The molecule has 3 unspecified atom stereocenters. The van der Waals surface area contributed by atoms with Gasteiger partial charge in [0.25, 0.3) is 0 Å². The lowest BCUT2D eigenvalue weighted by Crippen LogP contribution is -2.25. The molecule has 0 bridgehead atoms. The minimum Gasteiger partial charge on any atom is -0.310 e. The molecule has 110 valence electrons. The molecule has 1 aliphatic carbocycles. The summed E-state index contributed by atoms with van der Waals surface area (Å²) in [5.41, 5.74) is 2.11. The summed E-state index contributed by atoms with van der Waals surface area (Å²) in [5.74, 6) is 0.800. The molecule has 0 radical (unpaired) electrons. The van der Waals surface area contributed by atoms with E-state index >= 15 is 0 Å². The van der Waals surface area contributed by atoms with E-state index in [4.69, 9.17) is 0 Å². The number of benzene rings is 1. The van der Waals surface area contributed by atoms with Crippen LogP contribution in [0.4, 0.5) is 4.39 Å². The van der Waals surface area contributed by atoms with Gasteiger partial charge >= 0.3 is 0 Å². The predicted molar refractivity (Wildman–Crippen MR) is 82.5 cm³/mol. The van der Waals surface area contributed by atoms with Crippen LogP contribution in [0.3, 0.4) is 0 Å². The van der Waals surface area contributed by atoms with Crippen LogP contribution in [0.1, 0.15) is 42.9 Å². The third-order valence-corrected chi connectivity index (χ3v) is 4.25. The zero-order chi connectivity index (χ0) is 14.7. The maximum Gasteiger partial charge on any atom is 0.146 e. The number of nitrogens with zero attached hydrogens (tertiary/aromatic N) is 1. The SMILES string of the molecule is CCCNC(c1ccncc1F)C1CC1c1ccccc1. The molecule has 2 aromatic rings. The van der Waals surface area contributed by atoms with E-state index in [2.05, 4.69) is 41.5 Å². The maximum atomic E-state index is 14.1. The van der Waals surface area contributed by atoms with Gasteiger partial charge in [-0.3, -0.25) is 4.98 Å². The van der Waals surface area contributed by atoms with Gasteiger partial charge in [-0.2, -0.15) is 0 Å². The normalized spacial score (nSPS) is 22.0. The highest BCUT2D eigenvalue weighted by molar-refractivity contribution is 5.30. The molecule has 3 rings (SSSR count). The van der Waals surface area contributed by atoms with Gasteiger partial charge in [0.15, 0.2) is 0 Å². The number of rotatable bonds is 6. The van der Waals surface area contributed by atoms with Crippen LogP contribution < -0.4 is 5.32 Å². The van der Waals surface area contributed by atoms with Gasteiger partial charge in [0.05, 0.1) is 6.20 Å². The third-order valence-electron chi connectivity index (χ3n) is 4.25. The number of pyridine rings is 1. The molecule has 1 aromatic heterocycles. The lowest BCUT2D eigenvalue weighted by molar-refractivity contribution is 0.449. The van der Waals surface area contributed by atoms with Gasteiger partial charge in [-0.15, -0.1) is 0 Å². The van der Waals surface area contributed by atoms with E-state index < -0.39 is 0 Å². The highest BCUT2D eigenvalue weighted by Gasteiger charge is 2.44. The highest BCUT2D eigenvalue weighted by Crippen LogP contribution is 2.54. The van der Waals surface area contributed by atoms with Crippen LogP contribution >= 0.6 is 0 Å². The molecule has 1 heterocycles. The third kappa shape index (κ3) is 3.13. The predicted octanol–water partition coefficient (Wildman–Crippen LogP) is 4.07. The van der Waals surface area contributed by atoms with Crippen LogP contribution in [0.15, 0.2) is 48.8 Å². The van der Waals surface area contributed by atoms with Crippen LogP contribution in [-0.4, -0.2) is 11.5 Å². The Morgan fingerprint density at radius 2 is 2.10 bits per heavy atom. The summed E-state index contributed by atoms with van der Waals surface area (Å²) in [6, 6.07) is 12.4. The smallest absolute Gasteiger partial charge is 0.146 e. The van der Waals surface area contributed by atoms with E-state index in [1.165, 1.54) is 11.8 Å². The average Bonchev–Trinajstić information content (AvgIpc) is 3.31. The van der Waals surface area contributed by atoms with E-state index in [-0.39, 0.29) is 11.9 Å². The first-order chi connectivity index (χ1) is 10.3. The van der Waals surface area contributed by atoms with Crippen molar-refractivity contribution >= 4 is 0 Å². The van der Waals surface area contributed by atoms with Crippen molar-refractivity contribution in [3.8, 4) is 0 Å². The van der Waals surface area contributed by atoms with Gasteiger partial charge in [-0.1, -0.05) is 37.3 Å². The van der Waals surface area contributed by atoms with Gasteiger partial charge in [0.2, 0.25) is 0 Å². The monoisotopic (exact) mass is 284 g/mol. The highest BCUT2D eigenvalue weighted by atomic mass is 19.1. The van der Waals surface area contributed by atoms with E-state index in [0.29, 0.717) is 11.8 Å². The summed E-state index contributed by atoms with van der Waals surface area (Å²) >= 11 is 0. The first-order valence-electron chi connectivity index (χ1n) is 7.69. The van der Waals surface area contributed by atoms with Gasteiger partial charge < -0.3 is 5.32 Å². The van der Waals surface area contributed by atoms with Crippen molar-refractivity contribution in [2.45, 2.75) is 31.7 Å². The standard InChI is InChI=1S/C18H21FN2/c1-2-9-21-18(14-8-10-20-12-17(14)19)16-11-15(16)13-6-4-3-5-7-13/h3-8,10,12,15-16,18,21H,2,9,11H2,1H3. The number of halogens is 1. The lowest BCUT2D eigenvalue weighted by Gasteiger charge is -2.20. The summed E-state index contributed by atoms with van der Waals surface area (Å²) in [6.07, 6.45) is 5.16. The Balaban J connectivity index is 1.80. The Morgan fingerprint density at radius 1 is 1.29 bits per heavy atom. The van der Waals surface area contributed by atoms with Gasteiger partial charge in [0, 0.05) is 17.8 Å². The molecule has 3 heteroatoms. The second-order valence-electron chi connectivity index (χ2n) is 5.75. The number of hydrogen-bond acceptors (Lipinski definition) is 2. The fourth-order valence-corrected chi connectivity index (χ4v) is 3.10. The van der Waals surface area contributed by atoms with Crippen molar-refractivity contribution in [2.75, 3.05) is 6.54 Å². The molecule has 3 atom stereocenters. The van der Waals surface area contributed by atoms with Crippen molar-refractivity contribution in [3.05, 3.63) is 65.7 Å². The molecule has 1 saturated carbocycles. The van der Waals surface area contributed by atoms with Crippen LogP contribution in [0, 0.1) is 11.7 Å². The Labute approximate surface area is 125 Å². The second kappa shape index (κ2) is 6.35. The Hall–Kier alpha value is -1.74. The fourth-order valence-electron chi connectivity index (χ4n) is 3.10. The van der Waals surface area contributed by atoms with E-state index in [1.54, 1.807) is 6.20 Å². The number of hydrogen-bond donors (Lipinski definition) is 1. The molecular formula is C18H21FN2. The van der Waals surface area contributed by atoms with Crippen LogP contribution in [0.2, 0.25) is 0 Å². The first kappa shape index (κ1) is 14.2. The molecule has 1 fully saturated rings. The van der Waals surface area contributed by atoms with E-state index in [1.807, 2.05) is 12.1 Å². The summed E-state index contributed by atoms with van der Waals surface area (Å²) in [4.78, 5) is 3.86. The largest absolute Gasteiger partial charge is 0.310 e. The topological polar surface area (TPSA) is 24.9 Å². The molecule has 0 amide bonds. The lowest BCUT2D eigenvalue weighted by atomic mass is 9.99. The maximum absolute atomic E-state index is 14.1.